The summed E-state index contributed by atoms with van der Waals surface area (Å²) in [6.45, 7) is 1.24. The minimum absolute atomic E-state index is 0.0330. The first-order valence-corrected chi connectivity index (χ1v) is 10.3. The summed E-state index contributed by atoms with van der Waals surface area (Å²) in [5.41, 5.74) is -2.15. The molecule has 1 N–H and O–H groups in total. The van der Waals surface area contributed by atoms with Crippen molar-refractivity contribution in [3.8, 4) is 16.9 Å². The first-order chi connectivity index (χ1) is 15.4. The van der Waals surface area contributed by atoms with Crippen molar-refractivity contribution < 1.29 is 27.8 Å². The summed E-state index contributed by atoms with van der Waals surface area (Å²) in [5, 5.41) is 22.5. The van der Waals surface area contributed by atoms with Crippen LogP contribution in [-0.4, -0.2) is 15.8 Å². The van der Waals surface area contributed by atoms with Crippen molar-refractivity contribution in [1.29, 1.82) is 0 Å². The highest BCUT2D eigenvalue weighted by atomic mass is 35.5. The van der Waals surface area contributed by atoms with Gasteiger partial charge in [-0.2, -0.15) is 13.2 Å². The number of nitrogens with zero attached hydrogens (tertiary/aromatic N) is 1. The lowest BCUT2D eigenvalue weighted by molar-refractivity contribution is -0.274. The molecule has 5 nitrogen and oxygen atoms in total. The van der Waals surface area contributed by atoms with Crippen molar-refractivity contribution in [2.24, 2.45) is 7.05 Å². The molecule has 0 aliphatic carbocycles. The van der Waals surface area contributed by atoms with Gasteiger partial charge in [0.15, 0.2) is 16.9 Å². The maximum absolute atomic E-state index is 14.3. The molecule has 0 bridgehead atoms. The molecule has 33 heavy (non-hydrogen) atoms. The van der Waals surface area contributed by atoms with Gasteiger partial charge in [0, 0.05) is 18.0 Å². The van der Waals surface area contributed by atoms with E-state index < -0.39 is 29.0 Å². The van der Waals surface area contributed by atoms with Gasteiger partial charge in [0.25, 0.3) is 0 Å². The molecule has 2 unspecified atom stereocenters. The summed E-state index contributed by atoms with van der Waals surface area (Å²) in [5.74, 6) is -2.39. The number of rotatable bonds is 4. The SMILES string of the molecule is CC(c1ccc(-c2ccc([O])cc2)cc1Cl)C(O)(c1ccc2oc(=O)n(C)c2c1)C(F)(F)F. The van der Waals surface area contributed by atoms with Crippen LogP contribution in [0.15, 0.2) is 69.9 Å². The van der Waals surface area contributed by atoms with Crippen LogP contribution in [0.3, 0.4) is 0 Å². The van der Waals surface area contributed by atoms with E-state index in [0.29, 0.717) is 11.1 Å². The molecule has 171 valence electrons. The second-order valence-electron chi connectivity index (χ2n) is 7.86. The van der Waals surface area contributed by atoms with Crippen molar-refractivity contribution in [3.63, 3.8) is 0 Å². The summed E-state index contributed by atoms with van der Waals surface area (Å²) in [7, 11) is 1.36. The largest absolute Gasteiger partial charge is 0.422 e. The zero-order valence-electron chi connectivity index (χ0n) is 17.5. The first-order valence-electron chi connectivity index (χ1n) is 9.89. The summed E-state index contributed by atoms with van der Waals surface area (Å²) in [4.78, 5) is 11.7. The first kappa shape index (κ1) is 22.9. The molecule has 0 amide bonds. The van der Waals surface area contributed by atoms with Crippen LogP contribution in [0.25, 0.3) is 22.2 Å². The van der Waals surface area contributed by atoms with Gasteiger partial charge >= 0.3 is 11.9 Å². The van der Waals surface area contributed by atoms with Crippen molar-refractivity contribution in [2.45, 2.75) is 24.6 Å². The summed E-state index contributed by atoms with van der Waals surface area (Å²) in [6, 6.07) is 13.8. The third kappa shape index (κ3) is 3.79. The molecule has 0 saturated carbocycles. The van der Waals surface area contributed by atoms with Gasteiger partial charge in [-0.25, -0.2) is 4.79 Å². The van der Waals surface area contributed by atoms with E-state index in [0.717, 1.165) is 16.7 Å². The van der Waals surface area contributed by atoms with Gasteiger partial charge in [0.2, 0.25) is 0 Å². The molecule has 2 atom stereocenters. The third-order valence-electron chi connectivity index (χ3n) is 5.94. The molecular formula is C24H18ClF3NO4. The number of benzene rings is 3. The van der Waals surface area contributed by atoms with E-state index in [1.54, 1.807) is 18.2 Å². The highest BCUT2D eigenvalue weighted by Crippen LogP contribution is 2.50. The Morgan fingerprint density at radius 1 is 1.00 bits per heavy atom. The molecule has 0 saturated heterocycles. The molecule has 1 heterocycles. The molecule has 0 spiro atoms. The van der Waals surface area contributed by atoms with E-state index >= 15 is 0 Å². The average molecular weight is 477 g/mol. The Morgan fingerprint density at radius 2 is 1.64 bits per heavy atom. The zero-order chi connectivity index (χ0) is 24.1. The Hall–Kier alpha value is -3.23. The summed E-state index contributed by atoms with van der Waals surface area (Å²) >= 11 is 6.37. The normalized spacial score (nSPS) is 14.9. The third-order valence-corrected chi connectivity index (χ3v) is 6.27. The lowest BCUT2D eigenvalue weighted by Gasteiger charge is -2.37. The topological polar surface area (TPSA) is 75.3 Å². The fourth-order valence-corrected chi connectivity index (χ4v) is 4.30. The second-order valence-corrected chi connectivity index (χ2v) is 8.26. The second kappa shape index (κ2) is 7.97. The predicted octanol–water partition coefficient (Wildman–Crippen LogP) is 6.15. The minimum atomic E-state index is -5.06. The summed E-state index contributed by atoms with van der Waals surface area (Å²) in [6.07, 6.45) is -5.06. The maximum Gasteiger partial charge on any atom is 0.422 e. The Labute approximate surface area is 191 Å². The number of aliphatic hydroxyl groups is 1. The average Bonchev–Trinajstić information content (AvgIpc) is 3.05. The fraction of sp³-hybridized carbons (Fsp3) is 0.208. The quantitative estimate of drug-likeness (QED) is 0.384. The fourth-order valence-electron chi connectivity index (χ4n) is 3.95. The highest BCUT2D eigenvalue weighted by molar-refractivity contribution is 6.31. The molecule has 4 aromatic rings. The number of aryl methyl sites for hydroxylation is 1. The standard InChI is InChI=1S/C24H18ClF3NO4/c1-13(18-9-5-15(11-19(18)25)14-3-7-17(30)8-4-14)23(32,24(26,27)28)16-6-10-21-20(12-16)29(2)22(31)33-21/h3-13,32H,1-2H3. The van der Waals surface area contributed by atoms with Gasteiger partial charge in [-0.3, -0.25) is 9.67 Å². The number of oxazole rings is 1. The molecule has 3 aromatic carbocycles. The minimum Gasteiger partial charge on any atom is -0.408 e. The van der Waals surface area contributed by atoms with Crippen LogP contribution in [0.4, 0.5) is 13.2 Å². The van der Waals surface area contributed by atoms with E-state index in [-0.39, 0.29) is 27.4 Å². The highest BCUT2D eigenvalue weighted by Gasteiger charge is 2.59. The van der Waals surface area contributed by atoms with E-state index in [1.165, 1.54) is 44.3 Å². The maximum atomic E-state index is 14.3. The predicted molar refractivity (Wildman–Crippen MR) is 117 cm³/mol. The van der Waals surface area contributed by atoms with Crippen molar-refractivity contribution in [2.75, 3.05) is 0 Å². The molecule has 1 aromatic heterocycles. The van der Waals surface area contributed by atoms with Crippen molar-refractivity contribution in [3.05, 3.63) is 87.4 Å². The number of hydrogen-bond donors (Lipinski definition) is 1. The molecular weight excluding hydrogens is 459 g/mol. The van der Waals surface area contributed by atoms with Crippen LogP contribution in [0.2, 0.25) is 5.02 Å². The lowest BCUT2D eigenvalue weighted by Crippen LogP contribution is -2.46. The van der Waals surface area contributed by atoms with E-state index in [1.807, 2.05) is 0 Å². The molecule has 1 radical (unpaired) electrons. The zero-order valence-corrected chi connectivity index (χ0v) is 18.2. The lowest BCUT2D eigenvalue weighted by atomic mass is 9.77. The van der Waals surface area contributed by atoms with Crippen LogP contribution < -0.4 is 5.76 Å². The molecule has 0 fully saturated rings. The molecule has 4 rings (SSSR count). The summed E-state index contributed by atoms with van der Waals surface area (Å²) < 4.78 is 49.0. The number of fused-ring (bicyclic) bond motifs is 1. The van der Waals surface area contributed by atoms with Crippen LogP contribution in [0.1, 0.15) is 24.0 Å². The van der Waals surface area contributed by atoms with E-state index in [9.17, 15) is 28.2 Å². The van der Waals surface area contributed by atoms with Crippen LogP contribution >= 0.6 is 11.6 Å². The van der Waals surface area contributed by atoms with Crippen molar-refractivity contribution >= 4 is 22.7 Å². The van der Waals surface area contributed by atoms with Crippen LogP contribution in [-0.2, 0) is 17.8 Å². The van der Waals surface area contributed by atoms with Gasteiger partial charge in [-0.05, 0) is 52.6 Å². The Bertz CT molecular complexity index is 1390. The van der Waals surface area contributed by atoms with Crippen LogP contribution in [0.5, 0.6) is 5.75 Å². The smallest absolute Gasteiger partial charge is 0.408 e. The number of halogens is 4. The van der Waals surface area contributed by atoms with Gasteiger partial charge in [-0.15, -0.1) is 0 Å². The molecule has 0 aliphatic rings. The molecule has 9 heteroatoms. The Balaban J connectivity index is 1.82. The number of hydrogen-bond acceptors (Lipinski definition) is 3. The Kier molecular flexibility index (Phi) is 5.54. The van der Waals surface area contributed by atoms with E-state index in [4.69, 9.17) is 16.0 Å². The van der Waals surface area contributed by atoms with Gasteiger partial charge in [0.1, 0.15) is 0 Å². The number of aromatic nitrogens is 1. The Morgan fingerprint density at radius 3 is 2.24 bits per heavy atom. The molecule has 0 aliphatic heterocycles. The van der Waals surface area contributed by atoms with Crippen LogP contribution in [0, 0.1) is 0 Å². The van der Waals surface area contributed by atoms with E-state index in [2.05, 4.69) is 0 Å². The van der Waals surface area contributed by atoms with Gasteiger partial charge in [-0.1, -0.05) is 48.9 Å². The van der Waals surface area contributed by atoms with Gasteiger partial charge in [0.05, 0.1) is 5.52 Å². The van der Waals surface area contributed by atoms with Gasteiger partial charge < -0.3 is 9.52 Å². The number of alkyl halides is 3. The monoisotopic (exact) mass is 476 g/mol. The van der Waals surface area contributed by atoms with Crippen molar-refractivity contribution in [1.82, 2.24) is 4.57 Å².